The Hall–Kier alpha value is -0.580. The molecule has 0 bridgehead atoms. The van der Waals surface area contributed by atoms with Gasteiger partial charge in [0.15, 0.2) is 0 Å². The molecular formula is C16H26BrN3. The highest BCUT2D eigenvalue weighted by Gasteiger charge is 2.19. The summed E-state index contributed by atoms with van der Waals surface area (Å²) in [4.78, 5) is 5.08. The van der Waals surface area contributed by atoms with Crippen molar-refractivity contribution in [2.45, 2.75) is 20.3 Å². The van der Waals surface area contributed by atoms with Gasteiger partial charge in [-0.15, -0.1) is 0 Å². The number of anilines is 1. The predicted octanol–water partition coefficient (Wildman–Crippen LogP) is 2.73. The van der Waals surface area contributed by atoms with Crippen LogP contribution < -0.4 is 10.6 Å². The average molecular weight is 340 g/mol. The lowest BCUT2D eigenvalue weighted by molar-refractivity contribution is 0.231. The van der Waals surface area contributed by atoms with Crippen molar-refractivity contribution in [3.8, 4) is 0 Å². The zero-order valence-corrected chi connectivity index (χ0v) is 14.2. The first-order valence-electron chi connectivity index (χ1n) is 7.56. The molecule has 2 N–H and O–H groups in total. The van der Waals surface area contributed by atoms with E-state index in [2.05, 4.69) is 57.8 Å². The van der Waals surface area contributed by atoms with Crippen LogP contribution in [0.2, 0.25) is 0 Å². The predicted molar refractivity (Wildman–Crippen MR) is 90.4 cm³/mol. The summed E-state index contributed by atoms with van der Waals surface area (Å²) in [7, 11) is 0. The van der Waals surface area contributed by atoms with E-state index < -0.39 is 0 Å². The minimum Gasteiger partial charge on any atom is -0.369 e. The van der Waals surface area contributed by atoms with E-state index in [-0.39, 0.29) is 0 Å². The molecule has 2 rings (SSSR count). The Bertz CT molecular complexity index is 426. The van der Waals surface area contributed by atoms with Gasteiger partial charge in [-0.2, -0.15) is 0 Å². The molecule has 0 aliphatic carbocycles. The van der Waals surface area contributed by atoms with Gasteiger partial charge in [0.1, 0.15) is 0 Å². The number of halogens is 1. The molecule has 0 unspecified atom stereocenters. The Kier molecular flexibility index (Phi) is 5.87. The van der Waals surface area contributed by atoms with Crippen LogP contribution in [0, 0.1) is 5.92 Å². The molecule has 0 amide bonds. The third kappa shape index (κ3) is 4.21. The van der Waals surface area contributed by atoms with Gasteiger partial charge in [0.05, 0.1) is 0 Å². The number of piperazine rings is 1. The summed E-state index contributed by atoms with van der Waals surface area (Å²) in [6.07, 6.45) is 0.945. The molecule has 0 radical (unpaired) electrons. The second-order valence-corrected chi connectivity index (χ2v) is 6.91. The van der Waals surface area contributed by atoms with Crippen molar-refractivity contribution in [3.05, 3.63) is 28.2 Å². The highest BCUT2D eigenvalue weighted by molar-refractivity contribution is 9.10. The Labute approximate surface area is 131 Å². The van der Waals surface area contributed by atoms with Gasteiger partial charge in [-0.05, 0) is 42.6 Å². The van der Waals surface area contributed by atoms with E-state index in [0.717, 1.165) is 43.0 Å². The first-order valence-corrected chi connectivity index (χ1v) is 8.35. The van der Waals surface area contributed by atoms with Crippen molar-refractivity contribution >= 4 is 21.6 Å². The maximum Gasteiger partial charge on any atom is 0.0400 e. The number of benzene rings is 1. The minimum absolute atomic E-state index is 0.705. The van der Waals surface area contributed by atoms with Crippen LogP contribution in [0.3, 0.4) is 0 Å². The van der Waals surface area contributed by atoms with Crippen molar-refractivity contribution in [1.82, 2.24) is 4.90 Å². The molecule has 1 aromatic rings. The summed E-state index contributed by atoms with van der Waals surface area (Å²) >= 11 is 3.56. The molecule has 4 heteroatoms. The van der Waals surface area contributed by atoms with Gasteiger partial charge in [-0.1, -0.05) is 29.8 Å². The van der Waals surface area contributed by atoms with Crippen LogP contribution in [0.1, 0.15) is 19.4 Å². The highest BCUT2D eigenvalue weighted by atomic mass is 79.9. The molecule has 0 spiro atoms. The Morgan fingerprint density at radius 3 is 2.50 bits per heavy atom. The molecule has 0 aromatic heterocycles. The molecule has 1 saturated heterocycles. The van der Waals surface area contributed by atoms with Crippen molar-refractivity contribution in [2.75, 3.05) is 44.2 Å². The molecular weight excluding hydrogens is 314 g/mol. The number of nitrogens with zero attached hydrogens (tertiary/aromatic N) is 2. The largest absolute Gasteiger partial charge is 0.369 e. The molecule has 112 valence electrons. The normalized spacial score (nSPS) is 16.9. The number of nitrogens with two attached hydrogens (primary N) is 1. The lowest BCUT2D eigenvalue weighted by atomic mass is 10.1. The summed E-state index contributed by atoms with van der Waals surface area (Å²) in [6, 6.07) is 6.58. The van der Waals surface area contributed by atoms with E-state index in [4.69, 9.17) is 5.73 Å². The Morgan fingerprint density at radius 2 is 1.90 bits per heavy atom. The lowest BCUT2D eigenvalue weighted by Gasteiger charge is -2.37. The molecule has 20 heavy (non-hydrogen) atoms. The third-order valence-electron chi connectivity index (χ3n) is 3.79. The van der Waals surface area contributed by atoms with Crippen molar-refractivity contribution < 1.29 is 0 Å². The molecule has 1 fully saturated rings. The van der Waals surface area contributed by atoms with Crippen molar-refractivity contribution in [3.63, 3.8) is 0 Å². The van der Waals surface area contributed by atoms with Gasteiger partial charge < -0.3 is 10.6 Å². The fourth-order valence-electron chi connectivity index (χ4n) is 2.91. The van der Waals surface area contributed by atoms with Crippen LogP contribution in [-0.2, 0) is 6.42 Å². The molecule has 3 nitrogen and oxygen atoms in total. The van der Waals surface area contributed by atoms with Gasteiger partial charge in [0, 0.05) is 42.9 Å². The first kappa shape index (κ1) is 15.8. The van der Waals surface area contributed by atoms with Crippen LogP contribution >= 0.6 is 15.9 Å². The van der Waals surface area contributed by atoms with Gasteiger partial charge >= 0.3 is 0 Å². The molecule has 1 aliphatic heterocycles. The summed E-state index contributed by atoms with van der Waals surface area (Å²) in [6.45, 7) is 11.1. The van der Waals surface area contributed by atoms with Crippen LogP contribution in [0.5, 0.6) is 0 Å². The van der Waals surface area contributed by atoms with E-state index in [1.807, 2.05) is 0 Å². The second-order valence-electron chi connectivity index (χ2n) is 5.99. The number of rotatable bonds is 5. The van der Waals surface area contributed by atoms with Crippen LogP contribution in [-0.4, -0.2) is 44.2 Å². The summed E-state index contributed by atoms with van der Waals surface area (Å²) in [5, 5.41) is 0. The van der Waals surface area contributed by atoms with Crippen molar-refractivity contribution in [1.29, 1.82) is 0 Å². The van der Waals surface area contributed by atoms with Crippen LogP contribution in [0.25, 0.3) is 0 Å². The van der Waals surface area contributed by atoms with E-state index >= 15 is 0 Å². The minimum atomic E-state index is 0.705. The molecule has 1 aromatic carbocycles. The Balaban J connectivity index is 2.03. The maximum absolute atomic E-state index is 5.74. The fraction of sp³-hybridized carbons (Fsp3) is 0.625. The molecule has 1 heterocycles. The molecule has 0 saturated carbocycles. The zero-order chi connectivity index (χ0) is 14.5. The van der Waals surface area contributed by atoms with Crippen LogP contribution in [0.4, 0.5) is 5.69 Å². The average Bonchev–Trinajstić information content (AvgIpc) is 2.40. The van der Waals surface area contributed by atoms with E-state index in [0.29, 0.717) is 6.54 Å². The molecule has 0 atom stereocenters. The van der Waals surface area contributed by atoms with Gasteiger partial charge in [0.25, 0.3) is 0 Å². The first-order chi connectivity index (χ1) is 9.60. The topological polar surface area (TPSA) is 32.5 Å². The van der Waals surface area contributed by atoms with E-state index in [1.165, 1.54) is 17.8 Å². The lowest BCUT2D eigenvalue weighted by Crippen LogP contribution is -2.47. The summed E-state index contributed by atoms with van der Waals surface area (Å²) in [5.41, 5.74) is 8.47. The van der Waals surface area contributed by atoms with E-state index in [9.17, 15) is 0 Å². The third-order valence-corrected chi connectivity index (χ3v) is 4.28. The molecule has 1 aliphatic rings. The standard InChI is InChI=1S/C16H26BrN3/c1-13(2)12-19-7-9-20(10-8-19)16-4-3-15(17)11-14(16)5-6-18/h3-4,11,13H,5-10,12,18H2,1-2H3. The monoisotopic (exact) mass is 339 g/mol. The van der Waals surface area contributed by atoms with Gasteiger partial charge in [-0.25, -0.2) is 0 Å². The SMILES string of the molecule is CC(C)CN1CCN(c2ccc(Br)cc2CCN)CC1. The fourth-order valence-corrected chi connectivity index (χ4v) is 3.31. The maximum atomic E-state index is 5.74. The van der Waals surface area contributed by atoms with Crippen LogP contribution in [0.15, 0.2) is 22.7 Å². The number of hydrogen-bond donors (Lipinski definition) is 1. The summed E-state index contributed by atoms with van der Waals surface area (Å²) in [5.74, 6) is 0.752. The smallest absolute Gasteiger partial charge is 0.0400 e. The zero-order valence-electron chi connectivity index (χ0n) is 12.6. The number of hydrogen-bond acceptors (Lipinski definition) is 3. The van der Waals surface area contributed by atoms with E-state index in [1.54, 1.807) is 0 Å². The van der Waals surface area contributed by atoms with Gasteiger partial charge in [-0.3, -0.25) is 4.90 Å². The second kappa shape index (κ2) is 7.43. The quantitative estimate of drug-likeness (QED) is 0.895. The van der Waals surface area contributed by atoms with Gasteiger partial charge in [0.2, 0.25) is 0 Å². The van der Waals surface area contributed by atoms with Crippen molar-refractivity contribution in [2.24, 2.45) is 11.7 Å². The Morgan fingerprint density at radius 1 is 1.20 bits per heavy atom. The summed E-state index contributed by atoms with van der Waals surface area (Å²) < 4.78 is 1.14. The highest BCUT2D eigenvalue weighted by Crippen LogP contribution is 2.26.